The number of nitro benzene ring substituents is 1. The topological polar surface area (TPSA) is 83.6 Å². The molecule has 3 aromatic carbocycles. The number of hydrogen-bond acceptors (Lipinski definition) is 4. The molecule has 2 N–H and O–H groups in total. The summed E-state index contributed by atoms with van der Waals surface area (Å²) in [5.74, 6) is -1.54. The molecule has 8 heteroatoms. The van der Waals surface area contributed by atoms with E-state index in [-0.39, 0.29) is 11.1 Å². The molecule has 0 aromatic heterocycles. The van der Waals surface area contributed by atoms with Gasteiger partial charge in [0, 0.05) is 11.6 Å². The van der Waals surface area contributed by atoms with Crippen molar-refractivity contribution in [1.29, 1.82) is 0 Å². The molecule has 3 rings (SSSR count). The summed E-state index contributed by atoms with van der Waals surface area (Å²) < 4.78 is 39.5. The van der Waals surface area contributed by atoms with Crippen LogP contribution >= 0.6 is 0 Å². The van der Waals surface area contributed by atoms with Gasteiger partial charge in [0.1, 0.15) is 0 Å². The van der Waals surface area contributed by atoms with Crippen LogP contribution in [-0.4, -0.2) is 15.1 Å². The van der Waals surface area contributed by atoms with Crippen LogP contribution in [-0.2, 0) is 6.18 Å². The minimum atomic E-state index is -4.50. The Labute approximate surface area is 151 Å². The molecule has 0 saturated heterocycles. The van der Waals surface area contributed by atoms with Crippen molar-refractivity contribution in [2.45, 2.75) is 6.18 Å². The highest BCUT2D eigenvalue weighted by Crippen LogP contribution is 2.43. The number of alkyl halides is 3. The summed E-state index contributed by atoms with van der Waals surface area (Å²) in [7, 11) is 0. The lowest BCUT2D eigenvalue weighted by Crippen LogP contribution is -2.06. The molecule has 0 aliphatic carbocycles. The predicted octanol–water partition coefficient (Wildman–Crippen LogP) is 5.36. The molecule has 0 bridgehead atoms. The Morgan fingerprint density at radius 1 is 0.778 bits per heavy atom. The van der Waals surface area contributed by atoms with Crippen molar-refractivity contribution in [3.63, 3.8) is 0 Å². The number of hydrogen-bond donors (Lipinski definition) is 2. The van der Waals surface area contributed by atoms with Crippen LogP contribution in [0.2, 0.25) is 0 Å². The number of nitro groups is 1. The Balaban J connectivity index is 2.03. The van der Waals surface area contributed by atoms with Gasteiger partial charge in [-0.25, -0.2) is 0 Å². The van der Waals surface area contributed by atoms with Gasteiger partial charge in [0.05, 0.1) is 10.5 Å². The fourth-order valence-electron chi connectivity index (χ4n) is 2.76. The van der Waals surface area contributed by atoms with Crippen molar-refractivity contribution < 1.29 is 28.3 Å². The zero-order chi connectivity index (χ0) is 19.8. The second kappa shape index (κ2) is 6.64. The normalized spacial score (nSPS) is 11.4. The fraction of sp³-hybridized carbons (Fsp3) is 0.0526. The minimum absolute atomic E-state index is 0.00678. The minimum Gasteiger partial charge on any atom is -0.504 e. The van der Waals surface area contributed by atoms with Crippen LogP contribution in [0.1, 0.15) is 5.56 Å². The molecule has 0 fully saturated rings. The summed E-state index contributed by atoms with van der Waals surface area (Å²) >= 11 is 0. The van der Waals surface area contributed by atoms with Crippen molar-refractivity contribution in [2.24, 2.45) is 0 Å². The van der Waals surface area contributed by atoms with Crippen LogP contribution in [0.5, 0.6) is 11.5 Å². The lowest BCUT2D eigenvalue weighted by Gasteiger charge is -2.13. The molecule has 27 heavy (non-hydrogen) atoms. The van der Waals surface area contributed by atoms with Crippen LogP contribution < -0.4 is 0 Å². The Kier molecular flexibility index (Phi) is 4.49. The third-order valence-electron chi connectivity index (χ3n) is 4.07. The van der Waals surface area contributed by atoms with Crippen molar-refractivity contribution >= 4 is 5.69 Å². The van der Waals surface area contributed by atoms with E-state index in [1.54, 1.807) is 0 Å². The standard InChI is InChI=1S/C19H12F3NO4/c20-19(21,22)15-4-2-1-3-13(15)11-5-7-12(8-6-11)14-9-10-16(23(26)27)18(25)17(14)24/h1-10,24-25H. The van der Waals surface area contributed by atoms with Crippen LogP contribution in [0, 0.1) is 10.1 Å². The van der Waals surface area contributed by atoms with Gasteiger partial charge in [-0.1, -0.05) is 42.5 Å². The Bertz CT molecular complexity index is 1010. The summed E-state index contributed by atoms with van der Waals surface area (Å²) in [4.78, 5) is 9.94. The Morgan fingerprint density at radius 3 is 1.89 bits per heavy atom. The quantitative estimate of drug-likeness (QED) is 0.367. The number of nitrogens with zero attached hydrogens (tertiary/aromatic N) is 1. The van der Waals surface area contributed by atoms with Crippen LogP contribution in [0.15, 0.2) is 60.7 Å². The smallest absolute Gasteiger partial charge is 0.417 e. The second-order valence-electron chi connectivity index (χ2n) is 5.71. The molecule has 0 heterocycles. The van der Waals surface area contributed by atoms with Crippen molar-refractivity contribution in [1.82, 2.24) is 0 Å². The van der Waals surface area contributed by atoms with Crippen LogP contribution in [0.4, 0.5) is 18.9 Å². The van der Waals surface area contributed by atoms with Crippen molar-refractivity contribution in [3.05, 3.63) is 76.3 Å². The molecular weight excluding hydrogens is 363 g/mol. The third-order valence-corrected chi connectivity index (χ3v) is 4.07. The zero-order valence-electron chi connectivity index (χ0n) is 13.6. The monoisotopic (exact) mass is 375 g/mol. The average Bonchev–Trinajstić information content (AvgIpc) is 2.63. The summed E-state index contributed by atoms with van der Waals surface area (Å²) in [5.41, 5.74) is -0.593. The van der Waals surface area contributed by atoms with E-state index in [1.165, 1.54) is 48.5 Å². The van der Waals surface area contributed by atoms with Gasteiger partial charge in [-0.3, -0.25) is 10.1 Å². The van der Waals surface area contributed by atoms with Gasteiger partial charge >= 0.3 is 11.9 Å². The maximum atomic E-state index is 13.2. The largest absolute Gasteiger partial charge is 0.504 e. The average molecular weight is 375 g/mol. The predicted molar refractivity (Wildman–Crippen MR) is 92.3 cm³/mol. The van der Waals surface area contributed by atoms with E-state index >= 15 is 0 Å². The molecule has 0 spiro atoms. The Hall–Kier alpha value is -3.55. The van der Waals surface area contributed by atoms with Gasteiger partial charge in [0.15, 0.2) is 5.75 Å². The molecule has 0 aliphatic heterocycles. The number of aromatic hydroxyl groups is 2. The SMILES string of the molecule is O=[N+]([O-])c1ccc(-c2ccc(-c3ccccc3C(F)(F)F)cc2)c(O)c1O. The molecule has 0 radical (unpaired) electrons. The number of phenols is 2. The van der Waals surface area contributed by atoms with Crippen LogP contribution in [0.3, 0.4) is 0 Å². The van der Waals surface area contributed by atoms with Crippen LogP contribution in [0.25, 0.3) is 22.3 Å². The van der Waals surface area contributed by atoms with Gasteiger partial charge in [0.25, 0.3) is 0 Å². The first-order chi connectivity index (χ1) is 12.7. The summed E-state index contributed by atoms with van der Waals surface area (Å²) in [6, 6.07) is 13.2. The second-order valence-corrected chi connectivity index (χ2v) is 5.71. The number of benzene rings is 3. The van der Waals surface area contributed by atoms with Gasteiger partial charge in [-0.2, -0.15) is 13.2 Å². The molecular formula is C19H12F3NO4. The molecule has 0 unspecified atom stereocenters. The molecule has 5 nitrogen and oxygen atoms in total. The van der Waals surface area contributed by atoms with E-state index in [4.69, 9.17) is 0 Å². The number of halogens is 3. The number of rotatable bonds is 3. The van der Waals surface area contributed by atoms with E-state index in [2.05, 4.69) is 0 Å². The summed E-state index contributed by atoms with van der Waals surface area (Å²) in [6.45, 7) is 0. The highest BCUT2D eigenvalue weighted by molar-refractivity contribution is 5.79. The lowest BCUT2D eigenvalue weighted by atomic mass is 9.96. The van der Waals surface area contributed by atoms with E-state index < -0.39 is 33.8 Å². The number of phenolic OH excluding ortho intramolecular Hbond substituents is 2. The summed E-state index contributed by atoms with van der Waals surface area (Å²) in [6.07, 6.45) is -4.50. The highest BCUT2D eigenvalue weighted by Gasteiger charge is 2.33. The van der Waals surface area contributed by atoms with Crippen molar-refractivity contribution in [3.8, 4) is 33.8 Å². The third kappa shape index (κ3) is 3.41. The van der Waals surface area contributed by atoms with E-state index in [0.717, 1.165) is 12.1 Å². The summed E-state index contributed by atoms with van der Waals surface area (Å²) in [5, 5.41) is 30.5. The zero-order valence-corrected chi connectivity index (χ0v) is 13.6. The van der Waals surface area contributed by atoms with Gasteiger partial charge in [-0.05, 0) is 28.8 Å². The first-order valence-electron chi connectivity index (χ1n) is 7.66. The van der Waals surface area contributed by atoms with E-state index in [0.29, 0.717) is 11.1 Å². The maximum absolute atomic E-state index is 13.2. The molecule has 0 atom stereocenters. The Morgan fingerprint density at radius 2 is 1.33 bits per heavy atom. The lowest BCUT2D eigenvalue weighted by molar-refractivity contribution is -0.385. The van der Waals surface area contributed by atoms with E-state index in [9.17, 15) is 33.5 Å². The molecule has 0 aliphatic rings. The van der Waals surface area contributed by atoms with Gasteiger partial charge < -0.3 is 10.2 Å². The molecule has 0 amide bonds. The maximum Gasteiger partial charge on any atom is 0.417 e. The van der Waals surface area contributed by atoms with E-state index in [1.807, 2.05) is 0 Å². The first-order valence-corrected chi connectivity index (χ1v) is 7.66. The first kappa shape index (κ1) is 18.2. The highest BCUT2D eigenvalue weighted by atomic mass is 19.4. The van der Waals surface area contributed by atoms with Crippen molar-refractivity contribution in [2.75, 3.05) is 0 Å². The molecule has 138 valence electrons. The molecule has 3 aromatic rings. The van der Waals surface area contributed by atoms with Gasteiger partial charge in [0.2, 0.25) is 5.75 Å². The van der Waals surface area contributed by atoms with Gasteiger partial charge in [-0.15, -0.1) is 0 Å². The molecule has 0 saturated carbocycles. The fourth-order valence-corrected chi connectivity index (χ4v) is 2.76.